The average Bonchev–Trinajstić information content (AvgIpc) is 2.69. The first-order valence-electron chi connectivity index (χ1n) is 9.73. The van der Waals surface area contributed by atoms with Crippen molar-refractivity contribution in [2.24, 2.45) is 4.99 Å². The highest BCUT2D eigenvalue weighted by molar-refractivity contribution is 6.29. The van der Waals surface area contributed by atoms with E-state index < -0.39 is 5.60 Å². The normalized spacial score (nSPS) is 11.7. The Morgan fingerprint density at radius 3 is 2.17 bits per heavy atom. The standard InChI is InChI=1S/C22H30ClN5O2/c1-22(2,3)30-21(29)28(5)15-17-8-6-16(7-9-17)12-26-20(24-4)27-14-18-10-11-19(23)25-13-18/h6-11,13H,12,14-15H2,1-5H3,(H2,24,26,27). The Balaban J connectivity index is 1.81. The SMILES string of the molecule is CN=C(NCc1ccc(CN(C)C(=O)OC(C)(C)C)cc1)NCc1ccc(Cl)nc1. The summed E-state index contributed by atoms with van der Waals surface area (Å²) in [7, 11) is 3.46. The summed E-state index contributed by atoms with van der Waals surface area (Å²) in [4.78, 5) is 21.9. The van der Waals surface area contributed by atoms with Gasteiger partial charge in [-0.1, -0.05) is 41.9 Å². The summed E-state index contributed by atoms with van der Waals surface area (Å²) in [5.74, 6) is 0.693. The van der Waals surface area contributed by atoms with Crippen molar-refractivity contribution in [2.75, 3.05) is 14.1 Å². The first kappa shape index (κ1) is 23.5. The molecule has 7 nitrogen and oxygen atoms in total. The largest absolute Gasteiger partial charge is 0.444 e. The van der Waals surface area contributed by atoms with Gasteiger partial charge in [-0.2, -0.15) is 0 Å². The van der Waals surface area contributed by atoms with E-state index in [4.69, 9.17) is 16.3 Å². The molecule has 1 aromatic heterocycles. The minimum Gasteiger partial charge on any atom is -0.444 e. The third-order valence-corrected chi connectivity index (χ3v) is 4.30. The number of ether oxygens (including phenoxy) is 1. The van der Waals surface area contributed by atoms with E-state index in [0.717, 1.165) is 16.7 Å². The molecule has 2 N–H and O–H groups in total. The second kappa shape index (κ2) is 10.8. The minimum absolute atomic E-state index is 0.334. The molecule has 0 aliphatic carbocycles. The molecule has 0 saturated carbocycles. The molecule has 8 heteroatoms. The fraction of sp³-hybridized carbons (Fsp3) is 0.409. The zero-order valence-electron chi connectivity index (χ0n) is 18.2. The van der Waals surface area contributed by atoms with Crippen molar-refractivity contribution in [3.05, 3.63) is 64.4 Å². The topological polar surface area (TPSA) is 78.9 Å². The monoisotopic (exact) mass is 431 g/mol. The van der Waals surface area contributed by atoms with Gasteiger partial charge in [0, 0.05) is 39.9 Å². The van der Waals surface area contributed by atoms with E-state index >= 15 is 0 Å². The number of carbonyl (C=O) groups is 1. The molecule has 0 radical (unpaired) electrons. The van der Waals surface area contributed by atoms with Gasteiger partial charge in [0.05, 0.1) is 0 Å². The maximum atomic E-state index is 12.1. The number of hydrogen-bond donors (Lipinski definition) is 2. The van der Waals surface area contributed by atoms with Crippen molar-refractivity contribution in [3.63, 3.8) is 0 Å². The number of hydrogen-bond acceptors (Lipinski definition) is 4. The van der Waals surface area contributed by atoms with E-state index in [2.05, 4.69) is 20.6 Å². The van der Waals surface area contributed by atoms with Gasteiger partial charge in [-0.25, -0.2) is 9.78 Å². The van der Waals surface area contributed by atoms with Crippen molar-refractivity contribution in [1.82, 2.24) is 20.5 Å². The number of rotatable bonds is 6. The predicted octanol–water partition coefficient (Wildman–Crippen LogP) is 3.97. The number of amides is 1. The number of benzene rings is 1. The fourth-order valence-electron chi connectivity index (χ4n) is 2.54. The molecule has 0 aliphatic rings. The van der Waals surface area contributed by atoms with Gasteiger partial charge in [-0.05, 0) is 43.5 Å². The molecule has 0 aliphatic heterocycles. The summed E-state index contributed by atoms with van der Waals surface area (Å²) in [6.07, 6.45) is 1.40. The number of pyridine rings is 1. The van der Waals surface area contributed by atoms with Crippen LogP contribution in [-0.2, 0) is 24.4 Å². The maximum absolute atomic E-state index is 12.1. The fourth-order valence-corrected chi connectivity index (χ4v) is 2.66. The predicted molar refractivity (Wildman–Crippen MR) is 120 cm³/mol. The van der Waals surface area contributed by atoms with E-state index in [0.29, 0.717) is 30.7 Å². The summed E-state index contributed by atoms with van der Waals surface area (Å²) in [6, 6.07) is 11.8. The number of aromatic nitrogens is 1. The van der Waals surface area contributed by atoms with Crippen LogP contribution in [-0.4, -0.2) is 41.6 Å². The molecule has 0 atom stereocenters. The highest BCUT2D eigenvalue weighted by Gasteiger charge is 2.19. The molecular weight excluding hydrogens is 402 g/mol. The Hall–Kier alpha value is -2.80. The van der Waals surface area contributed by atoms with E-state index in [-0.39, 0.29) is 6.09 Å². The highest BCUT2D eigenvalue weighted by Crippen LogP contribution is 2.12. The van der Waals surface area contributed by atoms with Gasteiger partial charge in [0.25, 0.3) is 0 Å². The number of guanidine groups is 1. The minimum atomic E-state index is -0.502. The quantitative estimate of drug-likeness (QED) is 0.411. The van der Waals surface area contributed by atoms with Crippen LogP contribution in [0.25, 0.3) is 0 Å². The number of nitrogens with one attached hydrogen (secondary N) is 2. The Morgan fingerprint density at radius 1 is 1.07 bits per heavy atom. The van der Waals surface area contributed by atoms with E-state index in [1.807, 2.05) is 51.1 Å². The smallest absolute Gasteiger partial charge is 0.410 e. The van der Waals surface area contributed by atoms with Crippen LogP contribution in [0.3, 0.4) is 0 Å². The highest BCUT2D eigenvalue weighted by atomic mass is 35.5. The first-order chi connectivity index (χ1) is 14.2. The zero-order valence-corrected chi connectivity index (χ0v) is 19.0. The van der Waals surface area contributed by atoms with Crippen LogP contribution < -0.4 is 10.6 Å². The molecule has 2 rings (SSSR count). The van der Waals surface area contributed by atoms with Gasteiger partial charge in [-0.15, -0.1) is 0 Å². The lowest BCUT2D eigenvalue weighted by molar-refractivity contribution is 0.0285. The lowest BCUT2D eigenvalue weighted by atomic mass is 10.1. The second-order valence-electron chi connectivity index (χ2n) is 7.92. The van der Waals surface area contributed by atoms with Gasteiger partial charge in [-0.3, -0.25) is 4.99 Å². The summed E-state index contributed by atoms with van der Waals surface area (Å²) in [5, 5.41) is 7.00. The molecule has 0 unspecified atom stereocenters. The van der Waals surface area contributed by atoms with Crippen molar-refractivity contribution in [3.8, 4) is 0 Å². The van der Waals surface area contributed by atoms with Gasteiger partial charge >= 0.3 is 6.09 Å². The molecule has 2 aromatic rings. The zero-order chi connectivity index (χ0) is 22.1. The summed E-state index contributed by atoms with van der Waals surface area (Å²) in [6.45, 7) is 7.28. The van der Waals surface area contributed by atoms with Crippen LogP contribution in [0.15, 0.2) is 47.6 Å². The van der Waals surface area contributed by atoms with Gasteiger partial charge < -0.3 is 20.3 Å². The van der Waals surface area contributed by atoms with E-state index in [9.17, 15) is 4.79 Å². The van der Waals surface area contributed by atoms with Crippen LogP contribution in [0, 0.1) is 0 Å². The maximum Gasteiger partial charge on any atom is 0.410 e. The van der Waals surface area contributed by atoms with Gasteiger partial charge in [0.1, 0.15) is 10.8 Å². The Labute approximate surface area is 183 Å². The molecule has 0 bridgehead atoms. The number of halogens is 1. The second-order valence-corrected chi connectivity index (χ2v) is 8.31. The molecule has 1 aromatic carbocycles. The lowest BCUT2D eigenvalue weighted by Crippen LogP contribution is -2.36. The lowest BCUT2D eigenvalue weighted by Gasteiger charge is -2.24. The Bertz CT molecular complexity index is 845. The molecule has 0 saturated heterocycles. The first-order valence-corrected chi connectivity index (χ1v) is 10.1. The van der Waals surface area contributed by atoms with E-state index in [1.54, 1.807) is 31.3 Å². The summed E-state index contributed by atoms with van der Waals surface area (Å²) >= 11 is 5.81. The average molecular weight is 432 g/mol. The third kappa shape index (κ3) is 8.29. The number of nitrogens with zero attached hydrogens (tertiary/aromatic N) is 3. The molecule has 1 heterocycles. The Kier molecular flexibility index (Phi) is 8.47. The molecule has 0 spiro atoms. The molecule has 0 fully saturated rings. The van der Waals surface area contributed by atoms with Crippen LogP contribution in [0.1, 0.15) is 37.5 Å². The van der Waals surface area contributed by atoms with Crippen LogP contribution >= 0.6 is 11.6 Å². The van der Waals surface area contributed by atoms with E-state index in [1.165, 1.54) is 0 Å². The Morgan fingerprint density at radius 2 is 1.63 bits per heavy atom. The molecule has 162 valence electrons. The van der Waals surface area contributed by atoms with Crippen LogP contribution in [0.2, 0.25) is 5.15 Å². The van der Waals surface area contributed by atoms with Gasteiger partial charge in [0.15, 0.2) is 5.96 Å². The summed E-state index contributed by atoms with van der Waals surface area (Å²) < 4.78 is 5.38. The van der Waals surface area contributed by atoms with Crippen molar-refractivity contribution in [1.29, 1.82) is 0 Å². The summed E-state index contributed by atoms with van der Waals surface area (Å²) in [5.41, 5.74) is 2.65. The number of aliphatic imine (C=N–C) groups is 1. The molecular formula is C22H30ClN5O2. The third-order valence-electron chi connectivity index (χ3n) is 4.08. The van der Waals surface area contributed by atoms with Crippen molar-refractivity contribution >= 4 is 23.7 Å². The molecule has 30 heavy (non-hydrogen) atoms. The van der Waals surface area contributed by atoms with Gasteiger partial charge in [0.2, 0.25) is 0 Å². The molecule has 1 amide bonds. The van der Waals surface area contributed by atoms with Crippen LogP contribution in [0.4, 0.5) is 4.79 Å². The van der Waals surface area contributed by atoms with Crippen LogP contribution in [0.5, 0.6) is 0 Å². The number of carbonyl (C=O) groups excluding carboxylic acids is 1. The van der Waals surface area contributed by atoms with Crippen molar-refractivity contribution < 1.29 is 9.53 Å². The van der Waals surface area contributed by atoms with Crippen molar-refractivity contribution in [2.45, 2.75) is 46.0 Å².